The number of benzene rings is 3. The number of nitrogens with zero attached hydrogens (tertiary/aromatic N) is 7. The van der Waals surface area contributed by atoms with E-state index in [1.165, 1.54) is 53.9 Å². The highest BCUT2D eigenvalue weighted by molar-refractivity contribution is 7.80. The zero-order chi connectivity index (χ0) is 64.9. The molecule has 9 amide bonds. The largest absolute Gasteiger partial charge is 0.467 e. The Kier molecular flexibility index (Phi) is 29.8. The topological polar surface area (TPSA) is 292 Å². The Hall–Kier alpha value is -8.07. The molecule has 1 aromatic heterocycles. The monoisotopic (exact) mass is 1260 g/mol. The van der Waals surface area contributed by atoms with Crippen LogP contribution in [-0.4, -0.2) is 190 Å². The predicted molar refractivity (Wildman–Crippen MR) is 331 cm³/mol. The van der Waals surface area contributed by atoms with Crippen molar-refractivity contribution in [3.05, 3.63) is 144 Å². The molecule has 484 valence electrons. The summed E-state index contributed by atoms with van der Waals surface area (Å²) in [7, 11) is 0. The second-order valence-electron chi connectivity index (χ2n) is 21.8. The highest BCUT2D eigenvalue weighted by Gasteiger charge is 2.36. The van der Waals surface area contributed by atoms with Crippen molar-refractivity contribution in [3.63, 3.8) is 0 Å². The van der Waals surface area contributed by atoms with Crippen LogP contribution in [-0.2, 0) is 69.0 Å². The van der Waals surface area contributed by atoms with Gasteiger partial charge >= 0.3 is 6.18 Å². The van der Waals surface area contributed by atoms with Crippen molar-refractivity contribution in [3.8, 4) is 0 Å². The van der Waals surface area contributed by atoms with Crippen LogP contribution in [0.5, 0.6) is 0 Å². The lowest BCUT2D eigenvalue weighted by molar-refractivity contribution is -0.150. The number of rotatable bonds is 38. The van der Waals surface area contributed by atoms with Crippen molar-refractivity contribution in [1.82, 2.24) is 44.9 Å². The summed E-state index contributed by atoms with van der Waals surface area (Å²) >= 11 is 4.09. The number of nitrogens with one attached hydrogen (secondary N) is 2. The maximum atomic E-state index is 14.9. The molecule has 1 saturated carbocycles. The van der Waals surface area contributed by atoms with Gasteiger partial charge in [0.05, 0.1) is 44.0 Å². The maximum Gasteiger partial charge on any atom is 0.416 e. The Morgan fingerprint density at radius 2 is 1.21 bits per heavy atom. The minimum atomic E-state index is -4.68. The number of carbonyl (C=O) groups excluding carboxylic acids is 9. The van der Waals surface area contributed by atoms with Crippen LogP contribution in [0.3, 0.4) is 0 Å². The first-order chi connectivity index (χ1) is 42.6. The number of halogens is 3. The van der Waals surface area contributed by atoms with Gasteiger partial charge in [0.15, 0.2) is 0 Å². The lowest BCUT2D eigenvalue weighted by Gasteiger charge is -2.35. The number of unbranched alkanes of at least 4 members (excludes halogenated alkanes) is 2. The van der Waals surface area contributed by atoms with Gasteiger partial charge in [-0.15, -0.1) is 6.58 Å². The van der Waals surface area contributed by atoms with Crippen molar-refractivity contribution < 1.29 is 60.7 Å². The zero-order valence-electron chi connectivity index (χ0n) is 50.5. The Morgan fingerprint density at radius 3 is 1.81 bits per heavy atom. The van der Waals surface area contributed by atoms with E-state index in [9.17, 15) is 56.3 Å². The summed E-state index contributed by atoms with van der Waals surface area (Å²) in [6.45, 7) is 1.51. The number of nitrogens with two attached hydrogens (primary N) is 3. The molecule has 5 rings (SSSR count). The normalized spacial score (nSPS) is 12.9. The van der Waals surface area contributed by atoms with Crippen LogP contribution in [0.4, 0.5) is 13.2 Å². The first kappa shape index (κ1) is 71.7. The summed E-state index contributed by atoms with van der Waals surface area (Å²) in [6, 6.07) is 23.3. The van der Waals surface area contributed by atoms with E-state index in [0.717, 1.165) is 35.4 Å². The van der Waals surface area contributed by atoms with E-state index in [-0.39, 0.29) is 69.4 Å². The van der Waals surface area contributed by atoms with Crippen LogP contribution < -0.4 is 27.8 Å². The van der Waals surface area contributed by atoms with Crippen molar-refractivity contribution in [2.75, 3.05) is 90.8 Å². The van der Waals surface area contributed by atoms with Crippen LogP contribution in [0.15, 0.2) is 120 Å². The summed E-state index contributed by atoms with van der Waals surface area (Å²) in [5.74, 6) is -5.87. The second kappa shape index (κ2) is 37.1. The molecule has 1 aliphatic rings. The molecule has 1 aliphatic carbocycles. The average Bonchev–Trinajstić information content (AvgIpc) is 4.18. The van der Waals surface area contributed by atoms with Gasteiger partial charge in [-0.1, -0.05) is 91.7 Å². The number of primary amides is 1. The Labute approximate surface area is 523 Å². The molecule has 1 fully saturated rings. The number of carbonyl (C=O) groups is 9. The Morgan fingerprint density at radius 1 is 0.652 bits per heavy atom. The third kappa shape index (κ3) is 23.8. The van der Waals surface area contributed by atoms with Crippen LogP contribution in [0, 0.1) is 0 Å². The second-order valence-corrected chi connectivity index (χ2v) is 22.2. The highest BCUT2D eigenvalue weighted by Crippen LogP contribution is 2.30. The molecule has 0 spiro atoms. The quantitative estimate of drug-likeness (QED) is 0.0212. The van der Waals surface area contributed by atoms with E-state index in [0.29, 0.717) is 50.6 Å². The number of hydrogen-bond acceptors (Lipinski definition) is 14. The SMILES string of the molecule is C=CCN(CC(=O)N(CC(=O)N(CCCCN)CC(=O)N(CCCCN)CC(=O)N[C@H](CS)C(N)=O)[C@H](C)c1ccccc1)C(=O)CN(Cc1ccco1)C(=O)CN(C(=O)CN(Cc1cccc(C(F)(F)F)c1)C(=O)CNCc1ccccc1)C1CCCC1. The number of alkyl halides is 3. The van der Waals surface area contributed by atoms with Gasteiger partial charge in [0, 0.05) is 44.5 Å². The molecule has 1 heterocycles. The molecule has 3 aromatic carbocycles. The van der Waals surface area contributed by atoms with Crippen molar-refractivity contribution in [1.29, 1.82) is 0 Å². The standard InChI is InChI=1S/C63H85F3N12O10S/c1-3-29-72(41-60(85)77(46(2)49-21-8-5-9-22-49)43-58(83)74(31-15-13-28-68)39-56(81)73(30-14-12-27-67)38-54(79)71-53(45-89)62(69)87)57(82)40-76(37-52-26-17-32-88-52)59(84)44-78(51-24-10-11-25-51)61(86)42-75(36-48-20-16-23-50(33-48)63(64,65)66)55(80)35-70-34-47-18-6-4-7-19-47/h3-9,16-23,26,32-33,46,51,53,70,89H,1,10-15,24-25,27-31,34-45,67-68H2,2H3,(H2,69,87)(H,71,79)/t46-,53-/m1/s1. The van der Waals surface area contributed by atoms with E-state index >= 15 is 0 Å². The summed E-state index contributed by atoms with van der Waals surface area (Å²) in [6.07, 6.45) is 2.36. The Bertz CT molecular complexity index is 2940. The van der Waals surface area contributed by atoms with Gasteiger partial charge in [-0.3, -0.25) is 43.2 Å². The molecular formula is C63H85F3N12O10S. The lowest BCUT2D eigenvalue weighted by Crippen LogP contribution is -2.53. The zero-order valence-corrected chi connectivity index (χ0v) is 51.4. The summed E-state index contributed by atoms with van der Waals surface area (Å²) in [5.41, 5.74) is 17.7. The highest BCUT2D eigenvalue weighted by atomic mass is 32.1. The van der Waals surface area contributed by atoms with E-state index in [4.69, 9.17) is 21.6 Å². The summed E-state index contributed by atoms with van der Waals surface area (Å²) in [4.78, 5) is 136. The minimum Gasteiger partial charge on any atom is -0.467 e. The molecule has 0 radical (unpaired) electrons. The molecule has 0 unspecified atom stereocenters. The number of hydrogen-bond donors (Lipinski definition) is 6. The van der Waals surface area contributed by atoms with Gasteiger partial charge in [-0.25, -0.2) is 0 Å². The molecule has 0 saturated heterocycles. The van der Waals surface area contributed by atoms with Crippen LogP contribution in [0.25, 0.3) is 0 Å². The van der Waals surface area contributed by atoms with Gasteiger partial charge < -0.3 is 66.6 Å². The molecule has 22 nitrogen and oxygen atoms in total. The predicted octanol–water partition coefficient (Wildman–Crippen LogP) is 3.86. The molecule has 0 bridgehead atoms. The molecular weight excluding hydrogens is 1170 g/mol. The lowest BCUT2D eigenvalue weighted by atomic mass is 10.1. The number of thiol groups is 1. The minimum absolute atomic E-state index is 0.0446. The van der Waals surface area contributed by atoms with Gasteiger partial charge in [-0.2, -0.15) is 25.8 Å². The molecule has 4 aromatic rings. The van der Waals surface area contributed by atoms with Gasteiger partial charge in [0.1, 0.15) is 44.5 Å². The first-order valence-electron chi connectivity index (χ1n) is 29.8. The fourth-order valence-corrected chi connectivity index (χ4v) is 10.4. The summed E-state index contributed by atoms with van der Waals surface area (Å²) in [5, 5.41) is 5.53. The number of amides is 9. The average molecular weight is 1260 g/mol. The van der Waals surface area contributed by atoms with Gasteiger partial charge in [0.25, 0.3) is 0 Å². The van der Waals surface area contributed by atoms with Crippen molar-refractivity contribution in [2.24, 2.45) is 17.2 Å². The first-order valence-corrected chi connectivity index (χ1v) is 30.5. The van der Waals surface area contributed by atoms with Gasteiger partial charge in [-0.05, 0) is 99.5 Å². The van der Waals surface area contributed by atoms with Crippen molar-refractivity contribution in [2.45, 2.75) is 102 Å². The van der Waals surface area contributed by atoms with Crippen LogP contribution in [0.2, 0.25) is 0 Å². The van der Waals surface area contributed by atoms with Crippen LogP contribution >= 0.6 is 12.6 Å². The molecule has 0 aliphatic heterocycles. The molecule has 2 atom stereocenters. The van der Waals surface area contributed by atoms with Crippen molar-refractivity contribution >= 4 is 65.8 Å². The molecule has 8 N–H and O–H groups in total. The number of furan rings is 1. The molecule has 89 heavy (non-hydrogen) atoms. The van der Waals surface area contributed by atoms with Gasteiger partial charge in [0.2, 0.25) is 53.2 Å². The van der Waals surface area contributed by atoms with E-state index < -0.39 is 129 Å². The smallest absolute Gasteiger partial charge is 0.416 e. The van der Waals surface area contributed by atoms with E-state index in [1.807, 2.05) is 30.3 Å². The van der Waals surface area contributed by atoms with E-state index in [1.54, 1.807) is 49.4 Å². The third-order valence-corrected chi connectivity index (χ3v) is 15.5. The van der Waals surface area contributed by atoms with E-state index in [2.05, 4.69) is 29.8 Å². The molecule has 26 heteroatoms. The van der Waals surface area contributed by atoms with Crippen LogP contribution in [0.1, 0.15) is 92.3 Å². The maximum absolute atomic E-state index is 14.9. The fraction of sp³-hybridized carbons (Fsp3) is 0.476. The summed E-state index contributed by atoms with van der Waals surface area (Å²) < 4.78 is 47.3. The fourth-order valence-electron chi connectivity index (χ4n) is 10.2. The Balaban J connectivity index is 1.40. The third-order valence-electron chi connectivity index (χ3n) is 15.1.